The molecule has 0 unspecified atom stereocenters. The molecule has 2 atom stereocenters. The summed E-state index contributed by atoms with van der Waals surface area (Å²) in [7, 11) is 0. The maximum absolute atomic E-state index is 12.0. The minimum atomic E-state index is -0.919. The topological polar surface area (TPSA) is 79.3 Å². The van der Waals surface area contributed by atoms with E-state index < -0.39 is 23.2 Å². The Labute approximate surface area is 105 Å². The van der Waals surface area contributed by atoms with Crippen molar-refractivity contribution in [2.45, 2.75) is 20.8 Å². The van der Waals surface area contributed by atoms with E-state index in [1.165, 1.54) is 0 Å². The van der Waals surface area contributed by atoms with Gasteiger partial charge >= 0.3 is 5.97 Å². The van der Waals surface area contributed by atoms with Crippen molar-refractivity contribution in [2.75, 3.05) is 5.32 Å². The maximum atomic E-state index is 12.0. The zero-order chi connectivity index (χ0) is 13.5. The summed E-state index contributed by atoms with van der Waals surface area (Å²) in [5.74, 6) is -1.82. The van der Waals surface area contributed by atoms with E-state index in [2.05, 4.69) is 10.3 Å². The summed E-state index contributed by atoms with van der Waals surface area (Å²) in [6.45, 7) is 5.41. The van der Waals surface area contributed by atoms with Crippen molar-refractivity contribution < 1.29 is 14.7 Å². The summed E-state index contributed by atoms with van der Waals surface area (Å²) in [4.78, 5) is 27.2. The Kier molecular flexibility index (Phi) is 2.84. The third-order valence-electron chi connectivity index (χ3n) is 3.52. The minimum absolute atomic E-state index is 0.273. The van der Waals surface area contributed by atoms with Gasteiger partial charge in [-0.2, -0.15) is 0 Å². The number of carbonyl (C=O) groups excluding carboxylic acids is 1. The first-order valence-corrected chi connectivity index (χ1v) is 5.81. The van der Waals surface area contributed by atoms with Gasteiger partial charge < -0.3 is 10.4 Å². The monoisotopic (exact) mass is 248 g/mol. The van der Waals surface area contributed by atoms with E-state index >= 15 is 0 Å². The van der Waals surface area contributed by atoms with Crippen LogP contribution in [0.15, 0.2) is 18.2 Å². The van der Waals surface area contributed by atoms with E-state index in [0.29, 0.717) is 5.82 Å². The predicted molar refractivity (Wildman–Crippen MR) is 66.0 cm³/mol. The number of nitrogens with one attached hydrogen (secondary N) is 1. The van der Waals surface area contributed by atoms with Crippen molar-refractivity contribution in [1.82, 2.24) is 4.98 Å². The second kappa shape index (κ2) is 4.08. The normalized spacial score (nSPS) is 24.4. The number of carbonyl (C=O) groups is 2. The molecular formula is C13H16N2O3. The van der Waals surface area contributed by atoms with Crippen molar-refractivity contribution in [3.05, 3.63) is 23.9 Å². The Morgan fingerprint density at radius 3 is 2.50 bits per heavy atom. The van der Waals surface area contributed by atoms with Crippen molar-refractivity contribution in [2.24, 2.45) is 17.3 Å². The first kappa shape index (κ1) is 12.5. The molecule has 5 nitrogen and oxygen atoms in total. The van der Waals surface area contributed by atoms with Gasteiger partial charge in [-0.1, -0.05) is 19.9 Å². The van der Waals surface area contributed by atoms with Crippen LogP contribution in [0.3, 0.4) is 0 Å². The highest BCUT2D eigenvalue weighted by Crippen LogP contribution is 2.58. The number of amides is 1. The van der Waals surface area contributed by atoms with Crippen molar-refractivity contribution in [1.29, 1.82) is 0 Å². The number of anilines is 1. The second-order valence-corrected chi connectivity index (χ2v) is 5.27. The molecule has 2 rings (SSSR count). The number of hydrogen-bond acceptors (Lipinski definition) is 3. The average Bonchev–Trinajstić information content (AvgIpc) is 2.81. The van der Waals surface area contributed by atoms with Crippen molar-refractivity contribution in [3.63, 3.8) is 0 Å². The highest BCUT2D eigenvalue weighted by atomic mass is 16.4. The molecule has 1 aromatic heterocycles. The lowest BCUT2D eigenvalue weighted by atomic mass is 10.1. The van der Waals surface area contributed by atoms with Gasteiger partial charge in [-0.05, 0) is 24.5 Å². The molecule has 1 heterocycles. The summed E-state index contributed by atoms with van der Waals surface area (Å²) in [6.07, 6.45) is 0. The fourth-order valence-corrected chi connectivity index (χ4v) is 2.40. The number of aromatic nitrogens is 1. The fraction of sp³-hybridized carbons (Fsp3) is 0.462. The summed E-state index contributed by atoms with van der Waals surface area (Å²) in [5, 5.41) is 11.7. The first-order valence-electron chi connectivity index (χ1n) is 5.81. The van der Waals surface area contributed by atoms with E-state index in [4.69, 9.17) is 5.11 Å². The van der Waals surface area contributed by atoms with Crippen LogP contribution in [0.5, 0.6) is 0 Å². The van der Waals surface area contributed by atoms with Crippen LogP contribution < -0.4 is 5.32 Å². The lowest BCUT2D eigenvalue weighted by molar-refractivity contribution is -0.140. The van der Waals surface area contributed by atoms with Crippen LogP contribution in [0.2, 0.25) is 0 Å². The molecule has 0 aromatic carbocycles. The van der Waals surface area contributed by atoms with Crippen LogP contribution in [0.1, 0.15) is 19.5 Å². The molecule has 0 aliphatic heterocycles. The fourth-order valence-electron chi connectivity index (χ4n) is 2.40. The van der Waals surface area contributed by atoms with Gasteiger partial charge in [-0.15, -0.1) is 0 Å². The van der Waals surface area contributed by atoms with Gasteiger partial charge in [-0.25, -0.2) is 4.98 Å². The van der Waals surface area contributed by atoms with Crippen molar-refractivity contribution in [3.8, 4) is 0 Å². The molecule has 96 valence electrons. The van der Waals surface area contributed by atoms with Crippen LogP contribution in [0.25, 0.3) is 0 Å². The van der Waals surface area contributed by atoms with Gasteiger partial charge in [0, 0.05) is 5.69 Å². The van der Waals surface area contributed by atoms with Gasteiger partial charge in [0.2, 0.25) is 5.91 Å². The third kappa shape index (κ3) is 2.08. The molecule has 1 saturated carbocycles. The second-order valence-electron chi connectivity index (χ2n) is 5.27. The summed E-state index contributed by atoms with van der Waals surface area (Å²) in [6, 6.07) is 5.32. The van der Waals surface area contributed by atoms with E-state index in [1.54, 1.807) is 26.0 Å². The molecule has 0 bridgehead atoms. The number of rotatable bonds is 3. The number of pyridine rings is 1. The van der Waals surface area contributed by atoms with E-state index in [0.717, 1.165) is 5.69 Å². The minimum Gasteiger partial charge on any atom is -0.481 e. The van der Waals surface area contributed by atoms with Gasteiger partial charge in [0.1, 0.15) is 5.82 Å². The third-order valence-corrected chi connectivity index (χ3v) is 3.52. The van der Waals surface area contributed by atoms with Crippen LogP contribution >= 0.6 is 0 Å². The summed E-state index contributed by atoms with van der Waals surface area (Å²) < 4.78 is 0. The molecule has 0 saturated heterocycles. The van der Waals surface area contributed by atoms with Crippen LogP contribution in [-0.2, 0) is 9.59 Å². The molecule has 1 aliphatic carbocycles. The zero-order valence-corrected chi connectivity index (χ0v) is 10.6. The number of hydrogen-bond donors (Lipinski definition) is 2. The summed E-state index contributed by atoms with van der Waals surface area (Å²) >= 11 is 0. The van der Waals surface area contributed by atoms with Gasteiger partial charge in [0.15, 0.2) is 0 Å². The Balaban J connectivity index is 2.08. The number of nitrogens with zero attached hydrogens (tertiary/aromatic N) is 1. The Morgan fingerprint density at radius 2 is 2.00 bits per heavy atom. The molecule has 1 amide bonds. The standard InChI is InChI=1S/C13H16N2O3/c1-7-5-4-6-8(14-7)15-11(16)9-10(12(17)18)13(9,2)3/h4-6,9-10H,1-3H3,(H,17,18)(H,14,15,16)/t9-,10+/m0/s1. The van der Waals surface area contributed by atoms with Crippen LogP contribution in [-0.4, -0.2) is 22.0 Å². The van der Waals surface area contributed by atoms with E-state index in [-0.39, 0.29) is 5.91 Å². The van der Waals surface area contributed by atoms with Crippen LogP contribution in [0.4, 0.5) is 5.82 Å². The lowest BCUT2D eigenvalue weighted by Crippen LogP contribution is -2.18. The van der Waals surface area contributed by atoms with Crippen LogP contribution in [0, 0.1) is 24.2 Å². The van der Waals surface area contributed by atoms with Gasteiger partial charge in [0.05, 0.1) is 11.8 Å². The largest absolute Gasteiger partial charge is 0.481 e. The SMILES string of the molecule is Cc1cccc(NC(=O)[C@@H]2[C@H](C(=O)O)C2(C)C)n1. The smallest absolute Gasteiger partial charge is 0.307 e. The van der Waals surface area contributed by atoms with E-state index in [9.17, 15) is 9.59 Å². The highest BCUT2D eigenvalue weighted by molar-refractivity contribution is 5.99. The zero-order valence-electron chi connectivity index (χ0n) is 10.6. The molecule has 1 fully saturated rings. The molecule has 18 heavy (non-hydrogen) atoms. The lowest BCUT2D eigenvalue weighted by Gasteiger charge is -2.05. The molecule has 2 N–H and O–H groups in total. The Bertz CT molecular complexity index is 511. The molecule has 0 spiro atoms. The molecule has 5 heteroatoms. The maximum Gasteiger partial charge on any atom is 0.307 e. The average molecular weight is 248 g/mol. The Hall–Kier alpha value is -1.91. The molecule has 1 aliphatic rings. The van der Waals surface area contributed by atoms with Crippen molar-refractivity contribution >= 4 is 17.7 Å². The molecular weight excluding hydrogens is 232 g/mol. The molecule has 0 radical (unpaired) electrons. The Morgan fingerprint density at radius 1 is 1.33 bits per heavy atom. The van der Waals surface area contributed by atoms with Gasteiger partial charge in [0.25, 0.3) is 0 Å². The molecule has 1 aromatic rings. The predicted octanol–water partition coefficient (Wildman–Crippen LogP) is 1.69. The number of aryl methyl sites for hydroxylation is 1. The van der Waals surface area contributed by atoms with Gasteiger partial charge in [-0.3, -0.25) is 9.59 Å². The number of carboxylic acid groups (broad SMARTS) is 1. The first-order chi connectivity index (χ1) is 8.34. The quantitative estimate of drug-likeness (QED) is 0.853. The summed E-state index contributed by atoms with van der Waals surface area (Å²) in [5.41, 5.74) is 0.317. The van der Waals surface area contributed by atoms with E-state index in [1.807, 2.05) is 13.0 Å². The highest BCUT2D eigenvalue weighted by Gasteiger charge is 2.65. The number of aliphatic carboxylic acids is 1. The number of carboxylic acids is 1.